The number of nitrogens with one attached hydrogen (secondary N) is 1. The van der Waals surface area contributed by atoms with E-state index in [9.17, 15) is 0 Å². The highest BCUT2D eigenvalue weighted by Crippen LogP contribution is 2.48. The van der Waals surface area contributed by atoms with Crippen LogP contribution in [0.3, 0.4) is 0 Å². The molecule has 13 N–H and O–H groups in total. The van der Waals surface area contributed by atoms with Gasteiger partial charge in [0.1, 0.15) is 51.1 Å². The first-order valence-corrected chi connectivity index (χ1v) is 43.7. The normalized spacial score (nSPS) is 11.4. The molecule has 0 radical (unpaired) electrons. The summed E-state index contributed by atoms with van der Waals surface area (Å²) < 4.78 is 42.1. The standard InChI is InChI=1S/C18H15Cl3N4O2.C13H12Cl2N4O.C12H10Cl2N4OS.C12H11Cl2N3OS.C11H10Cl2N4O2.C11H10Cl2N4OS/c1-8-4-11(19)9(5-14(8)26-2)16-23-17(25-18(22)24-16)10-6-15(27-3)13(21)7-12(10)20;1-17-10-5-9(18-13(16)19-10)11-6-2-3-20-12(6)8(15)4-7(11)14;1-20-12-17-10(16-11(15)18-12)8-5-2-3-19-9(5)7(14)4-6(8)13;1-18-10-3-6(7(13)4-8(10)14)9-5-11(19-2)17-12(15)16-9;2*1-18-8-3-5(6(12)4-7(8)13)9-15-10(14)17-11(16-9)19-2/h4-7H,1-3H3,(H2,22,23,24,25);4-5H,2-3H2,1H3,(H3,16,17,18,19);4H,2-3H2,1H3,(H2,15,16,17,18);3-5H,1-2H3,(H2,15,16,17);2*3-4H,1-2H3,(H2,14,15,16,17). The minimum absolute atomic E-state index is 0.0237. The lowest BCUT2D eigenvalue weighted by molar-refractivity contribution is 0.357. The highest BCUT2D eigenvalue weighted by Gasteiger charge is 2.28. The van der Waals surface area contributed by atoms with E-state index in [0.717, 1.165) is 33.7 Å². The number of nitrogens with two attached hydrogens (primary N) is 6. The Labute approximate surface area is 787 Å². The molecule has 0 amide bonds. The van der Waals surface area contributed by atoms with Gasteiger partial charge in [0.2, 0.25) is 35.7 Å². The molecule has 31 nitrogen and oxygen atoms in total. The van der Waals surface area contributed by atoms with Crippen LogP contribution in [0.25, 0.3) is 79.5 Å². The van der Waals surface area contributed by atoms with E-state index in [4.69, 9.17) is 223 Å². The highest BCUT2D eigenvalue weighted by molar-refractivity contribution is 7.98. The van der Waals surface area contributed by atoms with Crippen molar-refractivity contribution in [3.05, 3.63) is 167 Å². The van der Waals surface area contributed by atoms with Crippen LogP contribution in [-0.2, 0) is 12.8 Å². The number of hydrogen-bond acceptors (Lipinski definition) is 34. The number of nitrogen functional groups attached to an aromatic ring is 6. The molecule has 47 heteroatoms. The maximum atomic E-state index is 6.38. The van der Waals surface area contributed by atoms with E-state index in [2.05, 4.69) is 85.1 Å². The molecular weight excluding hydrogens is 1930 g/mol. The second-order valence-corrected chi connectivity index (χ2v) is 32.3. The van der Waals surface area contributed by atoms with Crippen LogP contribution < -0.4 is 77.6 Å². The fourth-order valence-electron chi connectivity index (χ4n) is 11.4. The minimum atomic E-state index is 0.0237. The Morgan fingerprint density at radius 3 is 1.11 bits per heavy atom. The Balaban J connectivity index is 0.000000156. The summed E-state index contributed by atoms with van der Waals surface area (Å²) in [6.07, 6.45) is 7.09. The fourth-order valence-corrected chi connectivity index (χ4v) is 16.3. The van der Waals surface area contributed by atoms with Gasteiger partial charge in [-0.2, -0.15) is 49.8 Å². The summed E-state index contributed by atoms with van der Waals surface area (Å²) in [5.41, 5.74) is 42.7. The first kappa shape index (κ1) is 96.8. The van der Waals surface area contributed by atoms with Crippen molar-refractivity contribution in [2.45, 2.75) is 35.1 Å². The predicted molar refractivity (Wildman–Crippen MR) is 500 cm³/mol. The van der Waals surface area contributed by atoms with Gasteiger partial charge in [-0.25, -0.2) is 29.9 Å². The molecule has 0 bridgehead atoms. The van der Waals surface area contributed by atoms with Crippen LogP contribution in [0.4, 0.5) is 41.5 Å². The van der Waals surface area contributed by atoms with Gasteiger partial charge in [0.05, 0.1) is 133 Å². The molecule has 0 saturated carbocycles. The van der Waals surface area contributed by atoms with Gasteiger partial charge in [0.15, 0.2) is 39.4 Å². The monoisotopic (exact) mass is 1990 g/mol. The number of ether oxygens (including phenoxy) is 8. The third kappa shape index (κ3) is 23.8. The zero-order chi connectivity index (χ0) is 90.2. The zero-order valence-electron chi connectivity index (χ0n) is 66.4. The summed E-state index contributed by atoms with van der Waals surface area (Å²) in [6, 6.07) is 23.5. The van der Waals surface area contributed by atoms with Crippen LogP contribution in [0, 0.1) is 6.92 Å². The molecule has 7 aromatic carbocycles. The van der Waals surface area contributed by atoms with Crippen molar-refractivity contribution in [2.75, 3.05) is 121 Å². The largest absolute Gasteiger partial charge is 0.496 e. The summed E-state index contributed by atoms with van der Waals surface area (Å²) in [5.74, 6) is 6.96. The van der Waals surface area contributed by atoms with E-state index in [0.29, 0.717) is 204 Å². The quantitative estimate of drug-likeness (QED) is 0.0329. The van der Waals surface area contributed by atoms with Crippen molar-refractivity contribution >= 4 is 228 Å². The zero-order valence-corrected chi connectivity index (χ0v) is 78.7. The number of aromatic nitrogens is 16. The van der Waals surface area contributed by atoms with Crippen molar-refractivity contribution in [3.63, 3.8) is 0 Å². The van der Waals surface area contributed by atoms with E-state index in [1.165, 1.54) is 63.7 Å². The van der Waals surface area contributed by atoms with Crippen molar-refractivity contribution in [1.82, 2.24) is 79.7 Å². The molecular formula is C77H68Cl13N23O8S3. The van der Waals surface area contributed by atoms with Gasteiger partial charge in [-0.1, -0.05) is 174 Å². The van der Waals surface area contributed by atoms with E-state index >= 15 is 0 Å². The van der Waals surface area contributed by atoms with Gasteiger partial charge in [-0.15, -0.1) is 11.8 Å². The Morgan fingerprint density at radius 2 is 0.669 bits per heavy atom. The van der Waals surface area contributed by atoms with Gasteiger partial charge >= 0.3 is 6.01 Å². The second kappa shape index (κ2) is 44.1. The predicted octanol–water partition coefficient (Wildman–Crippen LogP) is 20.5. The van der Waals surface area contributed by atoms with Gasteiger partial charge in [-0.3, -0.25) is 0 Å². The lowest BCUT2D eigenvalue weighted by Crippen LogP contribution is -2.03. The number of benzene rings is 7. The smallest absolute Gasteiger partial charge is 0.321 e. The summed E-state index contributed by atoms with van der Waals surface area (Å²) in [6.45, 7) is 3.04. The summed E-state index contributed by atoms with van der Waals surface area (Å²) in [4.78, 5) is 66.3. The van der Waals surface area contributed by atoms with E-state index in [-0.39, 0.29) is 53.3 Å². The Hall–Kier alpha value is -9.44. The number of thioether (sulfide) groups is 3. The number of halogens is 13. The summed E-state index contributed by atoms with van der Waals surface area (Å²) in [7, 11) is 10.8. The Bertz CT molecular complexity index is 5700. The SMILES string of the molecule is CNc1cc(-c2c(Cl)cc(Cl)c3c2CCO3)nc(N)n1.COc1cc(-c2cc(SC)nc(N)n2)c(Cl)cc1Cl.COc1cc(-c2nc(N)nc(-c3cc(OC)c(Cl)cc3Cl)n2)c(Cl)cc1C.COc1cc(-c2nc(N)nc(SC)n2)c(Cl)cc1Cl.COc1nc(N)nc(-c2cc(OC)c(Cl)cc2Cl)n1.CSc1nc(N)nc(-c2c(Cl)cc(Cl)c3c2CCO3)n1. The molecule has 2 aliphatic heterocycles. The number of fused-ring (bicyclic) bond motifs is 2. The third-order valence-corrected chi connectivity index (χ3v) is 22.6. The van der Waals surface area contributed by atoms with Crippen LogP contribution in [0.15, 0.2) is 100 Å². The molecule has 0 atom stereocenters. The molecule has 648 valence electrons. The molecule has 0 saturated heterocycles. The minimum Gasteiger partial charge on any atom is -0.496 e. The molecule has 8 heterocycles. The van der Waals surface area contributed by atoms with Gasteiger partial charge in [0.25, 0.3) is 0 Å². The van der Waals surface area contributed by atoms with Gasteiger partial charge in [-0.05, 0) is 110 Å². The number of anilines is 7. The summed E-state index contributed by atoms with van der Waals surface area (Å²) >= 11 is 84.4. The first-order valence-electron chi connectivity index (χ1n) is 35.1. The van der Waals surface area contributed by atoms with E-state index in [1.807, 2.05) is 31.8 Å². The molecule has 124 heavy (non-hydrogen) atoms. The first-order chi connectivity index (χ1) is 59.2. The van der Waals surface area contributed by atoms with Crippen LogP contribution in [0.5, 0.6) is 46.3 Å². The maximum Gasteiger partial charge on any atom is 0.321 e. The van der Waals surface area contributed by atoms with Crippen molar-refractivity contribution in [1.29, 1.82) is 0 Å². The van der Waals surface area contributed by atoms with E-state index in [1.54, 1.807) is 100 Å². The number of nitrogens with zero attached hydrogens (tertiary/aromatic N) is 16. The lowest BCUT2D eigenvalue weighted by Gasteiger charge is -2.12. The second-order valence-electron chi connectivity index (χ2n) is 24.7. The summed E-state index contributed by atoms with van der Waals surface area (Å²) in [5, 5.41) is 10.5. The van der Waals surface area contributed by atoms with Crippen LogP contribution in [-0.4, -0.2) is 161 Å². The van der Waals surface area contributed by atoms with Crippen LogP contribution in [0.2, 0.25) is 65.3 Å². The van der Waals surface area contributed by atoms with Gasteiger partial charge < -0.3 is 77.6 Å². The molecule has 6 aromatic heterocycles. The van der Waals surface area contributed by atoms with E-state index < -0.39 is 0 Å². The number of hydrogen-bond donors (Lipinski definition) is 7. The molecule has 0 spiro atoms. The average Bonchev–Trinajstić information content (AvgIpc) is 1.55. The Morgan fingerprint density at radius 1 is 0.315 bits per heavy atom. The molecule has 0 fully saturated rings. The molecule has 0 aliphatic carbocycles. The van der Waals surface area contributed by atoms with Crippen molar-refractivity contribution < 1.29 is 37.9 Å². The van der Waals surface area contributed by atoms with Crippen LogP contribution >= 0.6 is 186 Å². The lowest BCUT2D eigenvalue weighted by atomic mass is 10.0. The fraction of sp³-hybridized carbons (Fsp3) is 0.195. The molecule has 13 aromatic rings. The number of methoxy groups -OCH3 is 6. The molecule has 15 rings (SSSR count). The van der Waals surface area contributed by atoms with Crippen molar-refractivity contribution in [3.8, 4) is 126 Å². The topological polar surface area (TPSA) is 448 Å². The van der Waals surface area contributed by atoms with Crippen LogP contribution in [0.1, 0.15) is 16.7 Å². The maximum absolute atomic E-state index is 6.38. The molecule has 2 aliphatic rings. The third-order valence-electron chi connectivity index (χ3n) is 17.0. The Kier molecular flexibility index (Phi) is 34.4. The van der Waals surface area contributed by atoms with Gasteiger partial charge in [0, 0.05) is 76.0 Å². The number of rotatable bonds is 17. The number of aryl methyl sites for hydroxylation is 1. The molecule has 0 unspecified atom stereocenters. The average molecular weight is 2000 g/mol. The highest BCUT2D eigenvalue weighted by atomic mass is 35.5. The van der Waals surface area contributed by atoms with Crippen molar-refractivity contribution in [2.24, 2.45) is 0 Å².